The first-order valence-corrected chi connectivity index (χ1v) is 14.3. The molecule has 1 N–H and O–H groups in total. The highest BCUT2D eigenvalue weighted by molar-refractivity contribution is 7.99. The predicted molar refractivity (Wildman–Crippen MR) is 150 cm³/mol. The highest BCUT2D eigenvalue weighted by Gasteiger charge is 2.12. The number of carbonyl (C=O) groups is 1. The number of thiazole rings is 2. The second-order valence-corrected chi connectivity index (χ2v) is 11.5. The number of para-hydroxylation sites is 1. The van der Waals surface area contributed by atoms with Crippen LogP contribution in [0.1, 0.15) is 16.5 Å². The average molecular weight is 544 g/mol. The van der Waals surface area contributed by atoms with Crippen molar-refractivity contribution in [2.45, 2.75) is 25.0 Å². The van der Waals surface area contributed by atoms with Gasteiger partial charge in [0.25, 0.3) is 5.22 Å². The molecule has 0 aliphatic carbocycles. The lowest BCUT2D eigenvalue weighted by atomic mass is 10.2. The van der Waals surface area contributed by atoms with Crippen LogP contribution in [0.15, 0.2) is 76.4 Å². The topological polar surface area (TPSA) is 93.8 Å². The number of aromatic nitrogens is 4. The number of amides is 1. The van der Waals surface area contributed by atoms with Gasteiger partial charge in [0.2, 0.25) is 11.8 Å². The summed E-state index contributed by atoms with van der Waals surface area (Å²) in [6.07, 6.45) is 1.35. The SMILES string of the molecule is Cc1ccc2nc(-c3ccc(NC(=O)CSc4nnc(CCc5nc6ccccc6s5)o4)cc3)sc2c1. The van der Waals surface area contributed by atoms with E-state index in [0.29, 0.717) is 17.5 Å². The molecule has 0 spiro atoms. The smallest absolute Gasteiger partial charge is 0.277 e. The quantitative estimate of drug-likeness (QED) is 0.211. The van der Waals surface area contributed by atoms with Crippen molar-refractivity contribution in [3.8, 4) is 10.6 Å². The third-order valence-electron chi connectivity index (χ3n) is 5.63. The van der Waals surface area contributed by atoms with Crippen LogP contribution < -0.4 is 5.32 Å². The molecule has 3 aromatic carbocycles. The van der Waals surface area contributed by atoms with Gasteiger partial charge in [-0.05, 0) is 61.0 Å². The molecule has 184 valence electrons. The second kappa shape index (κ2) is 10.4. The molecule has 0 fully saturated rings. The Bertz CT molecular complexity index is 1670. The summed E-state index contributed by atoms with van der Waals surface area (Å²) >= 11 is 4.57. The number of rotatable bonds is 8. The molecule has 0 saturated heterocycles. The first-order valence-electron chi connectivity index (χ1n) is 11.7. The molecule has 1 amide bonds. The lowest BCUT2D eigenvalue weighted by Crippen LogP contribution is -2.13. The van der Waals surface area contributed by atoms with Crippen molar-refractivity contribution in [1.29, 1.82) is 0 Å². The van der Waals surface area contributed by atoms with Crippen LogP contribution in [0.3, 0.4) is 0 Å². The van der Waals surface area contributed by atoms with E-state index in [0.717, 1.165) is 38.7 Å². The normalized spacial score (nSPS) is 11.4. The number of nitrogens with zero attached hydrogens (tertiary/aromatic N) is 4. The molecule has 37 heavy (non-hydrogen) atoms. The molecule has 0 bridgehead atoms. The van der Waals surface area contributed by atoms with Gasteiger partial charge in [-0.2, -0.15) is 0 Å². The van der Waals surface area contributed by atoms with Crippen molar-refractivity contribution in [1.82, 2.24) is 20.2 Å². The number of aryl methyl sites for hydroxylation is 3. The molecule has 6 rings (SSSR count). The summed E-state index contributed by atoms with van der Waals surface area (Å²) in [5.74, 6) is 0.587. The number of fused-ring (bicyclic) bond motifs is 2. The van der Waals surface area contributed by atoms with Gasteiger partial charge >= 0.3 is 0 Å². The standard InChI is InChI=1S/C27H21N5O2S3/c1-16-6-11-20-22(14-16)37-26(30-20)17-7-9-18(10-8-17)28-23(33)15-35-27-32-31-24(34-27)12-13-25-29-19-4-2-3-5-21(19)36-25/h2-11,14H,12-13,15H2,1H3,(H,28,33). The molecule has 0 aliphatic rings. The minimum absolute atomic E-state index is 0.137. The molecule has 0 atom stereocenters. The monoisotopic (exact) mass is 543 g/mol. The molecule has 3 aromatic heterocycles. The van der Waals surface area contributed by atoms with E-state index in [1.165, 1.54) is 26.7 Å². The number of nitrogens with one attached hydrogen (secondary N) is 1. The minimum atomic E-state index is -0.137. The van der Waals surface area contributed by atoms with Crippen LogP contribution in [0.2, 0.25) is 0 Å². The van der Waals surface area contributed by atoms with Crippen molar-refractivity contribution >= 4 is 66.5 Å². The summed E-state index contributed by atoms with van der Waals surface area (Å²) in [6.45, 7) is 2.08. The van der Waals surface area contributed by atoms with Crippen molar-refractivity contribution in [3.05, 3.63) is 83.2 Å². The first kappa shape index (κ1) is 23.8. The number of benzene rings is 3. The van der Waals surface area contributed by atoms with Crippen molar-refractivity contribution in [2.24, 2.45) is 0 Å². The molecular formula is C27H21N5O2S3. The van der Waals surface area contributed by atoms with Crippen molar-refractivity contribution in [2.75, 3.05) is 11.1 Å². The summed E-state index contributed by atoms with van der Waals surface area (Å²) < 4.78 is 8.05. The Hall–Kier alpha value is -3.60. The predicted octanol–water partition coefficient (Wildman–Crippen LogP) is 6.78. The van der Waals surface area contributed by atoms with Gasteiger partial charge < -0.3 is 9.73 Å². The summed E-state index contributed by atoms with van der Waals surface area (Å²) in [6, 6.07) is 22.1. The summed E-state index contributed by atoms with van der Waals surface area (Å²) in [5.41, 5.74) is 4.99. The Morgan fingerprint density at radius 3 is 2.62 bits per heavy atom. The summed E-state index contributed by atoms with van der Waals surface area (Å²) in [4.78, 5) is 21.8. The van der Waals surface area contributed by atoms with E-state index in [1.807, 2.05) is 48.5 Å². The van der Waals surface area contributed by atoms with E-state index >= 15 is 0 Å². The number of thioether (sulfide) groups is 1. The zero-order valence-electron chi connectivity index (χ0n) is 19.8. The maximum absolute atomic E-state index is 12.5. The third kappa shape index (κ3) is 5.56. The molecule has 3 heterocycles. The fraction of sp³-hybridized carbons (Fsp3) is 0.148. The maximum atomic E-state index is 12.5. The molecule has 6 aromatic rings. The Kier molecular flexibility index (Phi) is 6.69. The summed E-state index contributed by atoms with van der Waals surface area (Å²) in [7, 11) is 0. The molecular weight excluding hydrogens is 523 g/mol. The average Bonchev–Trinajstić information content (AvgIpc) is 3.64. The van der Waals surface area contributed by atoms with Gasteiger partial charge in [-0.15, -0.1) is 32.9 Å². The largest absolute Gasteiger partial charge is 0.416 e. The van der Waals surface area contributed by atoms with E-state index in [9.17, 15) is 4.79 Å². The van der Waals surface area contributed by atoms with Crippen LogP contribution in [0.5, 0.6) is 0 Å². The number of hydrogen-bond donors (Lipinski definition) is 1. The van der Waals surface area contributed by atoms with Crippen LogP contribution >= 0.6 is 34.4 Å². The van der Waals surface area contributed by atoms with Crippen LogP contribution in [0, 0.1) is 6.92 Å². The number of carbonyl (C=O) groups excluding carboxylic acids is 1. The Morgan fingerprint density at radius 2 is 1.76 bits per heavy atom. The van der Waals surface area contributed by atoms with Crippen LogP contribution in [-0.2, 0) is 17.6 Å². The highest BCUT2D eigenvalue weighted by Crippen LogP contribution is 2.31. The highest BCUT2D eigenvalue weighted by atomic mass is 32.2. The van der Waals surface area contributed by atoms with E-state index in [4.69, 9.17) is 9.40 Å². The second-order valence-electron chi connectivity index (χ2n) is 8.44. The molecule has 0 saturated carbocycles. The van der Waals surface area contributed by atoms with Crippen molar-refractivity contribution < 1.29 is 9.21 Å². The van der Waals surface area contributed by atoms with Gasteiger partial charge in [-0.25, -0.2) is 9.97 Å². The molecule has 10 heteroatoms. The molecule has 0 radical (unpaired) electrons. The van der Waals surface area contributed by atoms with Gasteiger partial charge in [-0.1, -0.05) is 30.0 Å². The number of anilines is 1. The first-order chi connectivity index (χ1) is 18.1. The summed E-state index contributed by atoms with van der Waals surface area (Å²) in [5, 5.41) is 13.5. The molecule has 0 aliphatic heterocycles. The van der Waals surface area contributed by atoms with Gasteiger partial charge in [0.15, 0.2) is 0 Å². The van der Waals surface area contributed by atoms with E-state index in [2.05, 4.69) is 45.6 Å². The lowest BCUT2D eigenvalue weighted by Gasteiger charge is -2.04. The van der Waals surface area contributed by atoms with E-state index < -0.39 is 0 Å². The maximum Gasteiger partial charge on any atom is 0.277 e. The van der Waals surface area contributed by atoms with Crippen LogP contribution in [0.25, 0.3) is 31.0 Å². The fourth-order valence-corrected chi connectivity index (χ4v) is 6.43. The Morgan fingerprint density at radius 1 is 0.919 bits per heavy atom. The lowest BCUT2D eigenvalue weighted by molar-refractivity contribution is -0.113. The van der Waals surface area contributed by atoms with Crippen LogP contribution in [-0.4, -0.2) is 31.8 Å². The molecule has 0 unspecified atom stereocenters. The molecule has 7 nitrogen and oxygen atoms in total. The van der Waals surface area contributed by atoms with Gasteiger partial charge in [-0.3, -0.25) is 4.79 Å². The fourth-order valence-electron chi connectivity index (χ4n) is 3.81. The van der Waals surface area contributed by atoms with Gasteiger partial charge in [0.05, 0.1) is 31.2 Å². The zero-order valence-corrected chi connectivity index (χ0v) is 22.3. The Balaban J connectivity index is 1.00. The number of hydrogen-bond acceptors (Lipinski definition) is 9. The Labute approximate surface area is 225 Å². The van der Waals surface area contributed by atoms with Crippen LogP contribution in [0.4, 0.5) is 5.69 Å². The van der Waals surface area contributed by atoms with Gasteiger partial charge in [0.1, 0.15) is 5.01 Å². The minimum Gasteiger partial charge on any atom is -0.416 e. The van der Waals surface area contributed by atoms with E-state index in [-0.39, 0.29) is 11.7 Å². The van der Waals surface area contributed by atoms with Gasteiger partial charge in [0, 0.05) is 24.1 Å². The zero-order chi connectivity index (χ0) is 25.2. The van der Waals surface area contributed by atoms with E-state index in [1.54, 1.807) is 22.7 Å². The third-order valence-corrected chi connectivity index (χ3v) is 8.61. The van der Waals surface area contributed by atoms with Crippen molar-refractivity contribution in [3.63, 3.8) is 0 Å².